The molecule has 0 N–H and O–H groups in total. The minimum atomic E-state index is 0.632. The van der Waals surface area contributed by atoms with E-state index in [1.54, 1.807) is 0 Å². The number of nitrogens with zero attached hydrogens (tertiary/aromatic N) is 4. The van der Waals surface area contributed by atoms with Gasteiger partial charge in [-0.2, -0.15) is 0 Å². The molecule has 0 amide bonds. The van der Waals surface area contributed by atoms with Gasteiger partial charge in [0.1, 0.15) is 11.2 Å². The molecule has 0 saturated heterocycles. The summed E-state index contributed by atoms with van der Waals surface area (Å²) in [6.45, 7) is 0. The summed E-state index contributed by atoms with van der Waals surface area (Å²) in [5, 5.41) is 10.5. The third-order valence-electron chi connectivity index (χ3n) is 10.5. The van der Waals surface area contributed by atoms with E-state index in [2.05, 4.69) is 136 Å². The fourth-order valence-corrected chi connectivity index (χ4v) is 8.51. The maximum absolute atomic E-state index is 6.53. The maximum Gasteiger partial charge on any atom is 0.235 e. The van der Waals surface area contributed by atoms with E-state index in [9.17, 15) is 0 Å². The molecule has 0 radical (unpaired) electrons. The molecular formula is C44H24N4O. The van der Waals surface area contributed by atoms with Crippen molar-refractivity contribution in [1.29, 1.82) is 0 Å². The second-order valence-corrected chi connectivity index (χ2v) is 12.9. The van der Waals surface area contributed by atoms with Crippen LogP contribution in [0.15, 0.2) is 150 Å². The van der Waals surface area contributed by atoms with Gasteiger partial charge in [-0.15, -0.1) is 0 Å². The monoisotopic (exact) mass is 624 g/mol. The van der Waals surface area contributed by atoms with E-state index in [1.165, 1.54) is 43.4 Å². The number of hydrogen-bond donors (Lipinski definition) is 0. The summed E-state index contributed by atoms with van der Waals surface area (Å²) in [6.07, 6.45) is 0. The number of rotatable bonds is 2. The highest BCUT2D eigenvalue weighted by Crippen LogP contribution is 2.44. The minimum absolute atomic E-state index is 0.632. The molecule has 0 saturated carbocycles. The number of furan rings is 1. The van der Waals surface area contributed by atoms with Crippen molar-refractivity contribution in [3.05, 3.63) is 146 Å². The van der Waals surface area contributed by atoms with Crippen LogP contribution in [0.1, 0.15) is 0 Å². The normalized spacial score (nSPS) is 12.5. The lowest BCUT2D eigenvalue weighted by molar-refractivity contribution is 0.670. The Balaban J connectivity index is 1.26. The third kappa shape index (κ3) is 3.15. The first-order valence-corrected chi connectivity index (χ1v) is 16.6. The fraction of sp³-hybridized carbons (Fsp3) is 0. The molecule has 5 heterocycles. The van der Waals surface area contributed by atoms with Crippen LogP contribution < -0.4 is 0 Å². The van der Waals surface area contributed by atoms with Crippen LogP contribution in [0.5, 0.6) is 0 Å². The Labute approximate surface area is 278 Å². The smallest absolute Gasteiger partial charge is 0.235 e. The van der Waals surface area contributed by atoms with Crippen molar-refractivity contribution in [2.75, 3.05) is 0 Å². The van der Waals surface area contributed by atoms with E-state index in [0.717, 1.165) is 60.6 Å². The molecule has 0 aliphatic carbocycles. The summed E-state index contributed by atoms with van der Waals surface area (Å²) in [5.41, 5.74) is 10.1. The highest BCUT2D eigenvalue weighted by atomic mass is 16.3. The van der Waals surface area contributed by atoms with Gasteiger partial charge in [0.2, 0.25) is 5.95 Å². The third-order valence-corrected chi connectivity index (χ3v) is 10.5. The number of aromatic nitrogens is 4. The van der Waals surface area contributed by atoms with Gasteiger partial charge in [0.05, 0.1) is 38.8 Å². The molecule has 0 aliphatic rings. The summed E-state index contributed by atoms with van der Waals surface area (Å²) in [7, 11) is 0. The van der Waals surface area contributed by atoms with Crippen LogP contribution in [0, 0.1) is 0 Å². The van der Waals surface area contributed by atoms with Crippen molar-refractivity contribution >= 4 is 92.7 Å². The standard InChI is InChI=1S/C44H24N4O/c1-4-19-33-31(13-1)41(32-18-8-17-30-26-12-3-6-24-38(26)49-43(30)32)46-44(45-33)48-35-21-9-14-27-29-16-7-15-28-25-11-2-5-20-34(25)47(42(28)29)36-22-10-23-37(48)40(36)39(27)35/h1-24H. The Morgan fingerprint density at radius 3 is 1.96 bits per heavy atom. The molecule has 5 nitrogen and oxygen atoms in total. The Bertz CT molecular complexity index is 3340. The van der Waals surface area contributed by atoms with Gasteiger partial charge < -0.3 is 8.82 Å². The topological polar surface area (TPSA) is 48.3 Å². The largest absolute Gasteiger partial charge is 0.455 e. The van der Waals surface area contributed by atoms with E-state index in [0.29, 0.717) is 5.95 Å². The zero-order valence-electron chi connectivity index (χ0n) is 26.1. The van der Waals surface area contributed by atoms with Crippen molar-refractivity contribution in [3.63, 3.8) is 0 Å². The van der Waals surface area contributed by atoms with E-state index in [-0.39, 0.29) is 0 Å². The molecule has 226 valence electrons. The van der Waals surface area contributed by atoms with E-state index < -0.39 is 0 Å². The number of benzene rings is 7. The molecule has 0 spiro atoms. The van der Waals surface area contributed by atoms with Gasteiger partial charge in [0, 0.05) is 48.7 Å². The molecule has 0 bridgehead atoms. The van der Waals surface area contributed by atoms with E-state index >= 15 is 0 Å². The van der Waals surface area contributed by atoms with E-state index in [1.807, 2.05) is 18.2 Å². The molecule has 5 aromatic heterocycles. The van der Waals surface area contributed by atoms with Crippen LogP contribution in [-0.2, 0) is 0 Å². The van der Waals surface area contributed by atoms with Gasteiger partial charge in [-0.1, -0.05) is 103 Å². The highest BCUT2D eigenvalue weighted by molar-refractivity contribution is 6.31. The summed E-state index contributed by atoms with van der Waals surface area (Å²) >= 11 is 0. The molecule has 49 heavy (non-hydrogen) atoms. The SMILES string of the molecule is c1ccc2c(-c3cccc4c3oc3ccccc34)nc(-n3c4cccc5c6cccc7c8ccccc8n(c8cccc3c8c54)c67)nc2c1. The Morgan fingerprint density at radius 2 is 1.04 bits per heavy atom. The van der Waals surface area contributed by atoms with Gasteiger partial charge >= 0.3 is 0 Å². The maximum atomic E-state index is 6.53. The zero-order valence-corrected chi connectivity index (χ0v) is 26.1. The first-order valence-electron chi connectivity index (χ1n) is 16.6. The Hall–Kier alpha value is -6.72. The number of para-hydroxylation sites is 5. The van der Waals surface area contributed by atoms with Crippen LogP contribution >= 0.6 is 0 Å². The van der Waals surface area contributed by atoms with Crippen molar-refractivity contribution in [2.45, 2.75) is 0 Å². The predicted molar refractivity (Wildman–Crippen MR) is 201 cm³/mol. The zero-order chi connectivity index (χ0) is 31.8. The summed E-state index contributed by atoms with van der Waals surface area (Å²) in [4.78, 5) is 10.7. The molecule has 0 aliphatic heterocycles. The molecule has 5 heteroatoms. The van der Waals surface area contributed by atoms with Crippen molar-refractivity contribution in [2.24, 2.45) is 0 Å². The highest BCUT2D eigenvalue weighted by Gasteiger charge is 2.24. The summed E-state index contributed by atoms with van der Waals surface area (Å²) in [5.74, 6) is 0.632. The molecule has 0 atom stereocenters. The van der Waals surface area contributed by atoms with Crippen molar-refractivity contribution in [1.82, 2.24) is 18.9 Å². The first kappa shape index (κ1) is 25.4. The van der Waals surface area contributed by atoms with Crippen LogP contribution in [0.4, 0.5) is 0 Å². The van der Waals surface area contributed by atoms with Gasteiger partial charge in [-0.3, -0.25) is 4.57 Å². The van der Waals surface area contributed by atoms with Crippen LogP contribution in [0.25, 0.3) is 110 Å². The van der Waals surface area contributed by atoms with Crippen LogP contribution in [0.3, 0.4) is 0 Å². The fourth-order valence-electron chi connectivity index (χ4n) is 8.51. The van der Waals surface area contributed by atoms with Gasteiger partial charge in [-0.25, -0.2) is 9.97 Å². The van der Waals surface area contributed by atoms with Crippen molar-refractivity contribution in [3.8, 4) is 17.2 Å². The van der Waals surface area contributed by atoms with Gasteiger partial charge in [0.25, 0.3) is 0 Å². The molecule has 0 fully saturated rings. The second-order valence-electron chi connectivity index (χ2n) is 12.9. The predicted octanol–water partition coefficient (Wildman–Crippen LogP) is 11.4. The molecule has 12 aromatic rings. The van der Waals surface area contributed by atoms with Gasteiger partial charge in [-0.05, 0) is 47.9 Å². The Morgan fingerprint density at radius 1 is 0.429 bits per heavy atom. The van der Waals surface area contributed by atoms with Crippen LogP contribution in [0.2, 0.25) is 0 Å². The first-order chi connectivity index (χ1) is 24.3. The molecule has 12 rings (SSSR count). The summed E-state index contributed by atoms with van der Waals surface area (Å²) in [6, 6.07) is 51.6. The van der Waals surface area contributed by atoms with Gasteiger partial charge in [0.15, 0.2) is 0 Å². The van der Waals surface area contributed by atoms with Crippen LogP contribution in [-0.4, -0.2) is 18.9 Å². The molecular weight excluding hydrogens is 601 g/mol. The molecule has 7 aromatic carbocycles. The quantitative estimate of drug-likeness (QED) is 0.192. The summed E-state index contributed by atoms with van der Waals surface area (Å²) < 4.78 is 11.2. The number of fused-ring (bicyclic) bond motifs is 9. The van der Waals surface area contributed by atoms with Crippen molar-refractivity contribution < 1.29 is 4.42 Å². The Kier molecular flexibility index (Phi) is 4.66. The lowest BCUT2D eigenvalue weighted by Crippen LogP contribution is -2.03. The minimum Gasteiger partial charge on any atom is -0.455 e. The lowest BCUT2D eigenvalue weighted by Gasteiger charge is -2.12. The van der Waals surface area contributed by atoms with E-state index in [4.69, 9.17) is 14.4 Å². The average Bonchev–Trinajstić information content (AvgIpc) is 3.79. The molecule has 0 unspecified atom stereocenters. The number of hydrogen-bond acceptors (Lipinski definition) is 3. The second kappa shape index (κ2) is 9.00. The average molecular weight is 625 g/mol. The lowest BCUT2D eigenvalue weighted by atomic mass is 10.0.